The summed E-state index contributed by atoms with van der Waals surface area (Å²) in [7, 11) is 0. The van der Waals surface area contributed by atoms with E-state index < -0.39 is 0 Å². The first-order valence-corrected chi connectivity index (χ1v) is 7.39. The number of hydrogen-bond acceptors (Lipinski definition) is 2. The summed E-state index contributed by atoms with van der Waals surface area (Å²) >= 11 is 0. The van der Waals surface area contributed by atoms with Gasteiger partial charge in [0.25, 0.3) is 5.91 Å². The average molecular weight is 268 g/mol. The van der Waals surface area contributed by atoms with Crippen molar-refractivity contribution in [1.82, 2.24) is 10.2 Å². The molecule has 2 atom stereocenters. The molecule has 1 saturated heterocycles. The Balaban J connectivity index is 1.70. The smallest absolute Gasteiger partial charge is 0.275 e. The summed E-state index contributed by atoms with van der Waals surface area (Å²) in [5.41, 5.74) is 0. The fourth-order valence-electron chi connectivity index (χ4n) is 2.72. The number of piperazine rings is 1. The lowest BCUT2D eigenvalue weighted by Gasteiger charge is -2.32. The van der Waals surface area contributed by atoms with Crippen molar-refractivity contribution in [3.63, 3.8) is 0 Å². The van der Waals surface area contributed by atoms with Gasteiger partial charge in [-0.05, 0) is 26.2 Å². The second kappa shape index (κ2) is 5.90. The number of amides is 2. The monoisotopic (exact) mass is 268 g/mol. The molecule has 19 heavy (non-hydrogen) atoms. The van der Waals surface area contributed by atoms with Crippen molar-refractivity contribution in [2.24, 2.45) is 11.8 Å². The molecule has 1 saturated carbocycles. The maximum absolute atomic E-state index is 12.1. The van der Waals surface area contributed by atoms with Gasteiger partial charge in [-0.25, -0.2) is 0 Å². The van der Waals surface area contributed by atoms with Crippen LogP contribution in [-0.4, -0.2) is 55.5 Å². The van der Waals surface area contributed by atoms with Crippen molar-refractivity contribution in [2.45, 2.75) is 33.2 Å². The average Bonchev–Trinajstić information content (AvgIpc) is 3.05. The summed E-state index contributed by atoms with van der Waals surface area (Å²) in [4.78, 5) is 27.0. The van der Waals surface area contributed by atoms with Crippen molar-refractivity contribution in [1.29, 1.82) is 0 Å². The molecule has 0 aromatic carbocycles. The molecule has 2 amide bonds. The minimum Gasteiger partial charge on any atom is -0.349 e. The lowest BCUT2D eigenvalue weighted by molar-refractivity contribution is -0.896. The van der Waals surface area contributed by atoms with Crippen molar-refractivity contribution in [3.8, 4) is 0 Å². The van der Waals surface area contributed by atoms with E-state index in [4.69, 9.17) is 0 Å². The molecule has 0 radical (unpaired) electrons. The Labute approximate surface area is 115 Å². The number of quaternary nitrogens is 1. The highest BCUT2D eigenvalue weighted by molar-refractivity contribution is 5.81. The largest absolute Gasteiger partial charge is 0.349 e. The molecule has 1 aliphatic carbocycles. The number of nitrogens with zero attached hydrogens (tertiary/aromatic N) is 1. The number of carbonyl (C=O) groups excluding carboxylic acids is 2. The van der Waals surface area contributed by atoms with Crippen LogP contribution in [0.2, 0.25) is 0 Å². The number of nitrogens with one attached hydrogen (secondary N) is 2. The summed E-state index contributed by atoms with van der Waals surface area (Å²) in [5.74, 6) is 1.30. The molecule has 108 valence electrons. The van der Waals surface area contributed by atoms with Gasteiger partial charge in [-0.2, -0.15) is 0 Å². The molecule has 0 bridgehead atoms. The highest BCUT2D eigenvalue weighted by Gasteiger charge is 2.42. The second-order valence-corrected chi connectivity index (χ2v) is 6.29. The van der Waals surface area contributed by atoms with Gasteiger partial charge in [0.1, 0.15) is 0 Å². The zero-order valence-electron chi connectivity index (χ0n) is 12.2. The van der Waals surface area contributed by atoms with Crippen molar-refractivity contribution in [3.05, 3.63) is 0 Å². The van der Waals surface area contributed by atoms with Gasteiger partial charge in [-0.3, -0.25) is 9.59 Å². The van der Waals surface area contributed by atoms with Crippen LogP contribution in [0.4, 0.5) is 0 Å². The normalized spacial score (nSPS) is 27.5. The molecule has 2 aliphatic rings. The quantitative estimate of drug-likeness (QED) is 0.680. The maximum Gasteiger partial charge on any atom is 0.275 e. The van der Waals surface area contributed by atoms with Crippen molar-refractivity contribution >= 4 is 11.8 Å². The van der Waals surface area contributed by atoms with Gasteiger partial charge in [0, 0.05) is 12.0 Å². The molecule has 1 heterocycles. The summed E-state index contributed by atoms with van der Waals surface area (Å²) in [6.45, 7) is 9.98. The topological polar surface area (TPSA) is 53.9 Å². The SMILES string of the molecule is CC(C)NC(=O)C[NH+]1CCN(C(=O)[C@H]2C[C@H]2C)CC1. The zero-order valence-corrected chi connectivity index (χ0v) is 12.2. The Hall–Kier alpha value is -1.10. The zero-order chi connectivity index (χ0) is 14.0. The Morgan fingerprint density at radius 2 is 1.89 bits per heavy atom. The standard InChI is InChI=1S/C14H25N3O2/c1-10(2)15-13(18)9-16-4-6-17(7-5-16)14(19)12-8-11(12)3/h10-12H,4-9H2,1-3H3,(H,15,18)/p+1/t11-,12+/m1/s1. The minimum atomic E-state index is 0.112. The van der Waals surface area contributed by atoms with Crippen LogP contribution in [0.3, 0.4) is 0 Å². The third-order valence-corrected chi connectivity index (χ3v) is 4.07. The van der Waals surface area contributed by atoms with E-state index in [0.29, 0.717) is 18.4 Å². The third kappa shape index (κ3) is 3.93. The van der Waals surface area contributed by atoms with Gasteiger partial charge in [0.15, 0.2) is 6.54 Å². The van der Waals surface area contributed by atoms with E-state index >= 15 is 0 Å². The molecule has 2 fully saturated rings. The first kappa shape index (κ1) is 14.3. The molecule has 2 rings (SSSR count). The number of rotatable bonds is 4. The molecule has 2 N–H and O–H groups in total. The lowest BCUT2D eigenvalue weighted by Crippen LogP contribution is -3.16. The van der Waals surface area contributed by atoms with Gasteiger partial charge >= 0.3 is 0 Å². The van der Waals surface area contributed by atoms with E-state index in [1.165, 1.54) is 4.90 Å². The van der Waals surface area contributed by atoms with Crippen LogP contribution in [0.15, 0.2) is 0 Å². The summed E-state index contributed by atoms with van der Waals surface area (Å²) in [6.07, 6.45) is 1.06. The Morgan fingerprint density at radius 3 is 2.37 bits per heavy atom. The van der Waals surface area contributed by atoms with Crippen LogP contribution in [0.25, 0.3) is 0 Å². The van der Waals surface area contributed by atoms with E-state index in [1.54, 1.807) is 0 Å². The first-order valence-electron chi connectivity index (χ1n) is 7.39. The van der Waals surface area contributed by atoms with E-state index in [2.05, 4.69) is 12.2 Å². The fraction of sp³-hybridized carbons (Fsp3) is 0.857. The molecule has 0 unspecified atom stereocenters. The molecular formula is C14H26N3O2+. The van der Waals surface area contributed by atoms with Crippen LogP contribution < -0.4 is 10.2 Å². The molecular weight excluding hydrogens is 242 g/mol. The van der Waals surface area contributed by atoms with Gasteiger partial charge in [-0.15, -0.1) is 0 Å². The van der Waals surface area contributed by atoms with Crippen LogP contribution in [0, 0.1) is 11.8 Å². The molecule has 0 spiro atoms. The van der Waals surface area contributed by atoms with Gasteiger partial charge in [-0.1, -0.05) is 6.92 Å². The second-order valence-electron chi connectivity index (χ2n) is 6.29. The summed E-state index contributed by atoms with van der Waals surface area (Å²) in [6, 6.07) is 0.200. The van der Waals surface area contributed by atoms with E-state index in [9.17, 15) is 9.59 Å². The maximum atomic E-state index is 12.1. The predicted octanol–water partition coefficient (Wildman–Crippen LogP) is -1.11. The van der Waals surface area contributed by atoms with Gasteiger partial charge in [0.2, 0.25) is 5.91 Å². The molecule has 0 aromatic rings. The van der Waals surface area contributed by atoms with E-state index in [0.717, 1.165) is 32.6 Å². The molecule has 1 aliphatic heterocycles. The van der Waals surface area contributed by atoms with Crippen LogP contribution in [0.1, 0.15) is 27.2 Å². The molecule has 0 aromatic heterocycles. The van der Waals surface area contributed by atoms with Crippen molar-refractivity contribution < 1.29 is 14.5 Å². The Morgan fingerprint density at radius 1 is 1.32 bits per heavy atom. The van der Waals surface area contributed by atoms with Gasteiger partial charge < -0.3 is 15.1 Å². The minimum absolute atomic E-state index is 0.112. The number of carbonyl (C=O) groups is 2. The lowest BCUT2D eigenvalue weighted by atomic mass is 10.2. The third-order valence-electron chi connectivity index (χ3n) is 4.07. The Kier molecular flexibility index (Phi) is 4.45. The van der Waals surface area contributed by atoms with Crippen LogP contribution >= 0.6 is 0 Å². The number of hydrogen-bond donors (Lipinski definition) is 2. The van der Waals surface area contributed by atoms with Gasteiger partial charge in [0.05, 0.1) is 26.2 Å². The highest BCUT2D eigenvalue weighted by Crippen LogP contribution is 2.39. The van der Waals surface area contributed by atoms with Crippen LogP contribution in [0.5, 0.6) is 0 Å². The van der Waals surface area contributed by atoms with Crippen LogP contribution in [-0.2, 0) is 9.59 Å². The Bertz CT molecular complexity index is 349. The molecule has 5 nitrogen and oxygen atoms in total. The summed E-state index contributed by atoms with van der Waals surface area (Å²) < 4.78 is 0. The predicted molar refractivity (Wildman–Crippen MR) is 72.7 cm³/mol. The fourth-order valence-corrected chi connectivity index (χ4v) is 2.72. The summed E-state index contributed by atoms with van der Waals surface area (Å²) in [5, 5.41) is 2.92. The van der Waals surface area contributed by atoms with Crippen molar-refractivity contribution in [2.75, 3.05) is 32.7 Å². The van der Waals surface area contributed by atoms with E-state index in [-0.39, 0.29) is 17.9 Å². The highest BCUT2D eigenvalue weighted by atomic mass is 16.2. The first-order chi connectivity index (χ1) is 8.97. The van der Waals surface area contributed by atoms with E-state index in [1.807, 2.05) is 18.7 Å². The molecule has 5 heteroatoms.